The summed E-state index contributed by atoms with van der Waals surface area (Å²) >= 11 is 0. The lowest BCUT2D eigenvalue weighted by molar-refractivity contribution is 0.0857. The van der Waals surface area contributed by atoms with Crippen LogP contribution in [0, 0.1) is 11.8 Å². The molecule has 1 aromatic carbocycles. The Morgan fingerprint density at radius 2 is 1.96 bits per heavy atom. The van der Waals surface area contributed by atoms with Gasteiger partial charge in [-0.2, -0.15) is 0 Å². The largest absolute Gasteiger partial charge is 0.376 e. The van der Waals surface area contributed by atoms with Crippen LogP contribution in [0.5, 0.6) is 0 Å². The molecule has 2 aliphatic carbocycles. The van der Waals surface area contributed by atoms with Crippen LogP contribution in [0.4, 0.5) is 0 Å². The smallest absolute Gasteiger partial charge is 0.251 e. The van der Waals surface area contributed by atoms with Crippen molar-refractivity contribution in [2.45, 2.75) is 57.2 Å². The van der Waals surface area contributed by atoms with Gasteiger partial charge in [-0.1, -0.05) is 12.1 Å². The number of hydrogen-bond acceptors (Lipinski definition) is 3. The summed E-state index contributed by atoms with van der Waals surface area (Å²) in [7, 11) is 0. The van der Waals surface area contributed by atoms with E-state index in [2.05, 4.69) is 16.7 Å². The topological polar surface area (TPSA) is 50.4 Å². The van der Waals surface area contributed by atoms with Crippen LogP contribution in [0.2, 0.25) is 0 Å². The molecule has 1 atom stereocenters. The molecule has 0 aromatic heterocycles. The highest BCUT2D eigenvalue weighted by atomic mass is 16.5. The van der Waals surface area contributed by atoms with Crippen molar-refractivity contribution in [3.05, 3.63) is 35.4 Å². The van der Waals surface area contributed by atoms with E-state index in [0.717, 1.165) is 43.4 Å². The van der Waals surface area contributed by atoms with Crippen molar-refractivity contribution in [2.24, 2.45) is 11.8 Å². The third kappa shape index (κ3) is 4.17. The molecule has 4 rings (SSSR count). The Kier molecular flexibility index (Phi) is 4.86. The van der Waals surface area contributed by atoms with Crippen LogP contribution < -0.4 is 10.6 Å². The minimum atomic E-state index is 0.00767. The number of benzene rings is 1. The SMILES string of the molecule is O=C(NCC1CCCO1)c1cccc(CNC(C2CC2)C2CC2)c1. The van der Waals surface area contributed by atoms with Crippen LogP contribution in [-0.2, 0) is 11.3 Å². The van der Waals surface area contributed by atoms with Crippen LogP contribution >= 0.6 is 0 Å². The number of ether oxygens (including phenoxy) is 1. The lowest BCUT2D eigenvalue weighted by atomic mass is 10.1. The first-order valence-electron chi connectivity index (χ1n) is 9.52. The van der Waals surface area contributed by atoms with E-state index in [9.17, 15) is 4.79 Å². The van der Waals surface area contributed by atoms with Gasteiger partial charge in [0.05, 0.1) is 6.10 Å². The molecule has 1 aromatic rings. The number of rotatable bonds is 8. The standard InChI is InChI=1S/C20H28N2O2/c23-20(22-13-18-5-2-10-24-18)17-4-1-3-14(11-17)12-21-19(15-6-7-15)16-8-9-16/h1,3-4,11,15-16,18-19,21H,2,5-10,12-13H2,(H,22,23). The fourth-order valence-corrected chi connectivity index (χ4v) is 3.80. The van der Waals surface area contributed by atoms with Crippen LogP contribution in [0.25, 0.3) is 0 Å². The average molecular weight is 328 g/mol. The zero-order valence-corrected chi connectivity index (χ0v) is 14.3. The van der Waals surface area contributed by atoms with E-state index in [4.69, 9.17) is 4.74 Å². The summed E-state index contributed by atoms with van der Waals surface area (Å²) < 4.78 is 5.56. The summed E-state index contributed by atoms with van der Waals surface area (Å²) in [5, 5.41) is 6.76. The second-order valence-corrected chi connectivity index (χ2v) is 7.63. The Balaban J connectivity index is 1.29. The van der Waals surface area contributed by atoms with Crippen molar-refractivity contribution in [3.8, 4) is 0 Å². The molecule has 0 radical (unpaired) electrons. The maximum Gasteiger partial charge on any atom is 0.251 e. The summed E-state index contributed by atoms with van der Waals surface area (Å²) in [6.45, 7) is 2.31. The molecule has 3 aliphatic rings. The van der Waals surface area contributed by atoms with Gasteiger partial charge >= 0.3 is 0 Å². The van der Waals surface area contributed by atoms with E-state index in [1.165, 1.54) is 31.2 Å². The molecule has 130 valence electrons. The Morgan fingerprint density at radius 3 is 2.62 bits per heavy atom. The predicted octanol–water partition coefficient (Wildman–Crippen LogP) is 2.87. The van der Waals surface area contributed by atoms with Crippen LogP contribution in [-0.4, -0.2) is 31.2 Å². The molecule has 1 unspecified atom stereocenters. The second kappa shape index (κ2) is 7.24. The Labute approximate surface area is 144 Å². The van der Waals surface area contributed by atoms with Gasteiger partial charge in [-0.25, -0.2) is 0 Å². The number of amides is 1. The molecule has 2 N–H and O–H groups in total. The van der Waals surface area contributed by atoms with Crippen molar-refractivity contribution in [3.63, 3.8) is 0 Å². The first-order valence-corrected chi connectivity index (χ1v) is 9.52. The first kappa shape index (κ1) is 16.1. The van der Waals surface area contributed by atoms with Gasteiger partial charge in [0.25, 0.3) is 5.91 Å². The highest BCUT2D eigenvalue weighted by Gasteiger charge is 2.40. The molecule has 0 spiro atoms. The van der Waals surface area contributed by atoms with Crippen molar-refractivity contribution in [1.29, 1.82) is 0 Å². The summed E-state index contributed by atoms with van der Waals surface area (Å²) in [5.41, 5.74) is 1.95. The Morgan fingerprint density at radius 1 is 1.17 bits per heavy atom. The number of nitrogens with one attached hydrogen (secondary N) is 2. The summed E-state index contributed by atoms with van der Waals surface area (Å²) in [4.78, 5) is 12.3. The lowest BCUT2D eigenvalue weighted by Gasteiger charge is -2.18. The van der Waals surface area contributed by atoms with Gasteiger partial charge in [-0.05, 0) is 68.1 Å². The zero-order valence-electron chi connectivity index (χ0n) is 14.3. The maximum absolute atomic E-state index is 12.3. The van der Waals surface area contributed by atoms with E-state index in [1.54, 1.807) is 0 Å². The highest BCUT2D eigenvalue weighted by molar-refractivity contribution is 5.94. The van der Waals surface area contributed by atoms with Gasteiger partial charge in [-0.15, -0.1) is 0 Å². The maximum atomic E-state index is 12.3. The Bertz CT molecular complexity index is 563. The van der Waals surface area contributed by atoms with E-state index < -0.39 is 0 Å². The van der Waals surface area contributed by atoms with Gasteiger partial charge in [0.1, 0.15) is 0 Å². The van der Waals surface area contributed by atoms with E-state index in [0.29, 0.717) is 12.6 Å². The van der Waals surface area contributed by atoms with E-state index in [1.807, 2.05) is 18.2 Å². The monoisotopic (exact) mass is 328 g/mol. The molecule has 1 aliphatic heterocycles. The normalized spacial score (nSPS) is 23.6. The molecule has 1 saturated heterocycles. The minimum Gasteiger partial charge on any atom is -0.376 e. The van der Waals surface area contributed by atoms with E-state index in [-0.39, 0.29) is 12.0 Å². The number of carbonyl (C=O) groups excluding carboxylic acids is 1. The first-order chi connectivity index (χ1) is 11.8. The highest BCUT2D eigenvalue weighted by Crippen LogP contribution is 2.44. The fourth-order valence-electron chi connectivity index (χ4n) is 3.80. The molecule has 0 bridgehead atoms. The third-order valence-corrected chi connectivity index (χ3v) is 5.51. The molecule has 1 amide bonds. The predicted molar refractivity (Wildman–Crippen MR) is 93.8 cm³/mol. The fraction of sp³-hybridized carbons (Fsp3) is 0.650. The minimum absolute atomic E-state index is 0.00767. The Hall–Kier alpha value is -1.39. The van der Waals surface area contributed by atoms with Crippen molar-refractivity contribution < 1.29 is 9.53 Å². The molecule has 24 heavy (non-hydrogen) atoms. The van der Waals surface area contributed by atoms with Crippen molar-refractivity contribution in [1.82, 2.24) is 10.6 Å². The summed E-state index contributed by atoms with van der Waals surface area (Å²) in [6.07, 6.45) is 7.90. The van der Waals surface area contributed by atoms with Crippen LogP contribution in [0.3, 0.4) is 0 Å². The van der Waals surface area contributed by atoms with Gasteiger partial charge in [0.15, 0.2) is 0 Å². The molecule has 2 saturated carbocycles. The third-order valence-electron chi connectivity index (χ3n) is 5.51. The van der Waals surface area contributed by atoms with Crippen molar-refractivity contribution in [2.75, 3.05) is 13.2 Å². The van der Waals surface area contributed by atoms with Gasteiger partial charge in [0, 0.05) is 31.3 Å². The lowest BCUT2D eigenvalue weighted by Crippen LogP contribution is -2.33. The summed E-state index contributed by atoms with van der Waals surface area (Å²) in [6, 6.07) is 8.71. The van der Waals surface area contributed by atoms with E-state index >= 15 is 0 Å². The van der Waals surface area contributed by atoms with Crippen LogP contribution in [0.1, 0.15) is 54.4 Å². The second-order valence-electron chi connectivity index (χ2n) is 7.63. The molecule has 1 heterocycles. The molecule has 4 nitrogen and oxygen atoms in total. The number of carbonyl (C=O) groups is 1. The molecular weight excluding hydrogens is 300 g/mol. The van der Waals surface area contributed by atoms with Gasteiger partial charge in [0.2, 0.25) is 0 Å². The molecule has 3 fully saturated rings. The average Bonchev–Trinajstić information content (AvgIpc) is 3.54. The van der Waals surface area contributed by atoms with Crippen LogP contribution in [0.15, 0.2) is 24.3 Å². The van der Waals surface area contributed by atoms with Gasteiger partial charge in [-0.3, -0.25) is 4.79 Å². The zero-order chi connectivity index (χ0) is 16.4. The molecular formula is C20H28N2O2. The quantitative estimate of drug-likeness (QED) is 0.771. The number of hydrogen-bond donors (Lipinski definition) is 2. The summed E-state index contributed by atoms with van der Waals surface area (Å²) in [5.74, 6) is 1.80. The van der Waals surface area contributed by atoms with Crippen molar-refractivity contribution >= 4 is 5.91 Å². The van der Waals surface area contributed by atoms with Gasteiger partial charge < -0.3 is 15.4 Å². The molecule has 4 heteroatoms.